The van der Waals surface area contributed by atoms with Crippen LogP contribution < -0.4 is 14.8 Å². The van der Waals surface area contributed by atoms with Crippen LogP contribution in [0.25, 0.3) is 0 Å². The van der Waals surface area contributed by atoms with Gasteiger partial charge in [0.15, 0.2) is 6.61 Å². The summed E-state index contributed by atoms with van der Waals surface area (Å²) < 4.78 is 10.7. The number of aryl methyl sites for hydroxylation is 1. The zero-order valence-electron chi connectivity index (χ0n) is 13.0. The van der Waals surface area contributed by atoms with Crippen LogP contribution in [-0.2, 0) is 17.8 Å². The molecule has 2 aromatic rings. The van der Waals surface area contributed by atoms with E-state index in [-0.39, 0.29) is 12.5 Å². The van der Waals surface area contributed by atoms with Crippen molar-refractivity contribution in [1.29, 1.82) is 0 Å². The number of amides is 1. The average Bonchev–Trinajstić information content (AvgIpc) is 2.58. The van der Waals surface area contributed by atoms with E-state index in [2.05, 4.69) is 12.2 Å². The van der Waals surface area contributed by atoms with Gasteiger partial charge in [-0.25, -0.2) is 0 Å². The van der Waals surface area contributed by atoms with E-state index in [4.69, 9.17) is 9.47 Å². The number of carbonyl (C=O) groups is 1. The normalized spacial score (nSPS) is 10.1. The third kappa shape index (κ3) is 4.81. The van der Waals surface area contributed by atoms with E-state index in [9.17, 15) is 4.79 Å². The topological polar surface area (TPSA) is 47.6 Å². The minimum absolute atomic E-state index is 0.0110. The molecule has 0 saturated heterocycles. The molecule has 4 nitrogen and oxygen atoms in total. The number of hydrogen-bond donors (Lipinski definition) is 1. The Morgan fingerprint density at radius 2 is 1.73 bits per heavy atom. The molecule has 0 fully saturated rings. The number of nitrogens with one attached hydrogen (secondary N) is 1. The Bertz CT molecular complexity index is 572. The van der Waals surface area contributed by atoms with Crippen LogP contribution in [0.5, 0.6) is 11.5 Å². The van der Waals surface area contributed by atoms with Crippen LogP contribution in [0.4, 0.5) is 0 Å². The van der Waals surface area contributed by atoms with Gasteiger partial charge in [0, 0.05) is 6.54 Å². The van der Waals surface area contributed by atoms with Gasteiger partial charge in [-0.3, -0.25) is 4.79 Å². The quantitative estimate of drug-likeness (QED) is 0.855. The van der Waals surface area contributed by atoms with Crippen LogP contribution in [-0.4, -0.2) is 19.6 Å². The van der Waals surface area contributed by atoms with E-state index < -0.39 is 0 Å². The maximum atomic E-state index is 11.8. The fraction of sp³-hybridized carbons (Fsp3) is 0.278. The monoisotopic (exact) mass is 299 g/mol. The minimum atomic E-state index is -0.148. The average molecular weight is 299 g/mol. The molecular weight excluding hydrogens is 278 g/mol. The van der Waals surface area contributed by atoms with Gasteiger partial charge in [-0.05, 0) is 41.8 Å². The van der Waals surface area contributed by atoms with Crippen LogP contribution in [0.15, 0.2) is 48.5 Å². The zero-order valence-corrected chi connectivity index (χ0v) is 13.0. The van der Waals surface area contributed by atoms with Crippen molar-refractivity contribution in [3.05, 3.63) is 59.7 Å². The molecule has 2 aromatic carbocycles. The van der Waals surface area contributed by atoms with Crippen LogP contribution in [0, 0.1) is 0 Å². The van der Waals surface area contributed by atoms with Crippen molar-refractivity contribution >= 4 is 5.91 Å². The first kappa shape index (κ1) is 15.9. The molecule has 0 unspecified atom stereocenters. The summed E-state index contributed by atoms with van der Waals surface area (Å²) in [5.74, 6) is 1.35. The Kier molecular flexibility index (Phi) is 5.83. The molecular formula is C18H21NO3. The number of benzene rings is 2. The molecule has 0 radical (unpaired) electrons. The third-order valence-corrected chi connectivity index (χ3v) is 3.30. The van der Waals surface area contributed by atoms with Gasteiger partial charge in [-0.1, -0.05) is 31.2 Å². The van der Waals surface area contributed by atoms with Crippen molar-refractivity contribution < 1.29 is 14.3 Å². The number of carbonyl (C=O) groups excluding carboxylic acids is 1. The Balaban J connectivity index is 1.80. The van der Waals surface area contributed by atoms with Gasteiger partial charge in [0.1, 0.15) is 11.5 Å². The zero-order chi connectivity index (χ0) is 15.8. The highest BCUT2D eigenvalue weighted by Crippen LogP contribution is 2.14. The summed E-state index contributed by atoms with van der Waals surface area (Å²) in [6, 6.07) is 15.4. The first-order chi connectivity index (χ1) is 10.7. The highest BCUT2D eigenvalue weighted by atomic mass is 16.5. The largest absolute Gasteiger partial charge is 0.497 e. The van der Waals surface area contributed by atoms with Gasteiger partial charge in [-0.2, -0.15) is 0 Å². The van der Waals surface area contributed by atoms with Gasteiger partial charge in [0.2, 0.25) is 0 Å². The second-order valence-electron chi connectivity index (χ2n) is 4.92. The molecule has 0 aliphatic rings. The van der Waals surface area contributed by atoms with Gasteiger partial charge < -0.3 is 14.8 Å². The molecule has 0 saturated carbocycles. The number of ether oxygens (including phenoxy) is 2. The Morgan fingerprint density at radius 3 is 2.45 bits per heavy atom. The predicted molar refractivity (Wildman–Crippen MR) is 86.2 cm³/mol. The van der Waals surface area contributed by atoms with Crippen LogP contribution >= 0.6 is 0 Å². The Labute approximate surface area is 131 Å². The van der Waals surface area contributed by atoms with Crippen molar-refractivity contribution in [1.82, 2.24) is 5.32 Å². The standard InChI is InChI=1S/C18H21NO3/c1-3-14-6-4-9-17(10-14)22-13-18(20)19-12-15-7-5-8-16(11-15)21-2/h4-11H,3,12-13H2,1-2H3,(H,19,20). The van der Waals surface area contributed by atoms with E-state index >= 15 is 0 Å². The summed E-state index contributed by atoms with van der Waals surface area (Å²) in [5.41, 5.74) is 2.18. The molecule has 0 spiro atoms. The van der Waals surface area contributed by atoms with Crippen LogP contribution in [0.1, 0.15) is 18.1 Å². The smallest absolute Gasteiger partial charge is 0.258 e. The fourth-order valence-electron chi connectivity index (χ4n) is 2.04. The highest BCUT2D eigenvalue weighted by molar-refractivity contribution is 5.77. The molecule has 0 bridgehead atoms. The molecule has 116 valence electrons. The predicted octanol–water partition coefficient (Wildman–Crippen LogP) is 2.95. The van der Waals surface area contributed by atoms with Gasteiger partial charge in [0.05, 0.1) is 7.11 Å². The first-order valence-corrected chi connectivity index (χ1v) is 7.32. The van der Waals surface area contributed by atoms with Crippen molar-refractivity contribution in [2.75, 3.05) is 13.7 Å². The summed E-state index contributed by atoms with van der Waals surface area (Å²) in [4.78, 5) is 11.8. The van der Waals surface area contributed by atoms with E-state index in [1.807, 2.05) is 48.5 Å². The van der Waals surface area contributed by atoms with Gasteiger partial charge in [0.25, 0.3) is 5.91 Å². The lowest BCUT2D eigenvalue weighted by atomic mass is 10.2. The SMILES string of the molecule is CCc1cccc(OCC(=O)NCc2cccc(OC)c2)c1. The molecule has 0 aliphatic heterocycles. The lowest BCUT2D eigenvalue weighted by molar-refractivity contribution is -0.123. The lowest BCUT2D eigenvalue weighted by Gasteiger charge is -2.09. The number of methoxy groups -OCH3 is 1. The van der Waals surface area contributed by atoms with E-state index in [1.165, 1.54) is 5.56 Å². The van der Waals surface area contributed by atoms with Crippen molar-refractivity contribution in [2.24, 2.45) is 0 Å². The molecule has 4 heteroatoms. The second kappa shape index (κ2) is 8.08. The van der Waals surface area contributed by atoms with E-state index in [1.54, 1.807) is 7.11 Å². The summed E-state index contributed by atoms with van der Waals surface area (Å²) in [6.07, 6.45) is 0.944. The number of hydrogen-bond acceptors (Lipinski definition) is 3. The molecule has 2 rings (SSSR count). The molecule has 22 heavy (non-hydrogen) atoms. The fourth-order valence-corrected chi connectivity index (χ4v) is 2.04. The summed E-state index contributed by atoms with van der Waals surface area (Å²) in [7, 11) is 1.62. The summed E-state index contributed by atoms with van der Waals surface area (Å²) in [6.45, 7) is 2.55. The third-order valence-electron chi connectivity index (χ3n) is 3.30. The molecule has 0 atom stereocenters. The second-order valence-corrected chi connectivity index (χ2v) is 4.92. The molecule has 0 heterocycles. The maximum absolute atomic E-state index is 11.8. The Morgan fingerprint density at radius 1 is 1.05 bits per heavy atom. The summed E-state index contributed by atoms with van der Waals surface area (Å²) in [5, 5.41) is 2.83. The first-order valence-electron chi connectivity index (χ1n) is 7.32. The summed E-state index contributed by atoms with van der Waals surface area (Å²) >= 11 is 0. The van der Waals surface area contributed by atoms with Crippen LogP contribution in [0.2, 0.25) is 0 Å². The van der Waals surface area contributed by atoms with Gasteiger partial charge >= 0.3 is 0 Å². The minimum Gasteiger partial charge on any atom is -0.497 e. The van der Waals surface area contributed by atoms with E-state index in [0.29, 0.717) is 6.54 Å². The lowest BCUT2D eigenvalue weighted by Crippen LogP contribution is -2.28. The van der Waals surface area contributed by atoms with E-state index in [0.717, 1.165) is 23.5 Å². The highest BCUT2D eigenvalue weighted by Gasteiger charge is 2.04. The van der Waals surface area contributed by atoms with Crippen molar-refractivity contribution in [3.63, 3.8) is 0 Å². The van der Waals surface area contributed by atoms with Crippen molar-refractivity contribution in [2.45, 2.75) is 19.9 Å². The molecule has 1 N–H and O–H groups in total. The van der Waals surface area contributed by atoms with Crippen LogP contribution in [0.3, 0.4) is 0 Å². The van der Waals surface area contributed by atoms with Gasteiger partial charge in [-0.15, -0.1) is 0 Å². The Hall–Kier alpha value is -2.49. The molecule has 1 amide bonds. The molecule has 0 aromatic heterocycles. The number of rotatable bonds is 7. The molecule has 0 aliphatic carbocycles. The van der Waals surface area contributed by atoms with Crippen molar-refractivity contribution in [3.8, 4) is 11.5 Å². The maximum Gasteiger partial charge on any atom is 0.258 e.